The molecule has 32 heavy (non-hydrogen) atoms. The molecule has 12 nitrogen and oxygen atoms in total. The lowest BCUT2D eigenvalue weighted by molar-refractivity contribution is -0.150. The zero-order valence-electron chi connectivity index (χ0n) is 16.5. The number of β-lactam (4-membered cyclic amide) rings is 1. The fraction of sp³-hybridized carbons (Fsp3) is 0.294. The second-order valence-electron chi connectivity index (χ2n) is 6.76. The second kappa shape index (κ2) is 8.76. The summed E-state index contributed by atoms with van der Waals surface area (Å²) in [6, 6.07) is -0.908. The molecule has 0 aromatic carbocycles. The molecule has 15 heteroatoms. The normalized spacial score (nSPS) is 20.6. The average Bonchev–Trinajstić information content (AvgIpc) is 3.36. The van der Waals surface area contributed by atoms with Gasteiger partial charge < -0.3 is 26.7 Å². The summed E-state index contributed by atoms with van der Waals surface area (Å²) >= 11 is 3.73. The van der Waals surface area contributed by atoms with Crippen molar-refractivity contribution in [1.82, 2.24) is 20.2 Å². The van der Waals surface area contributed by atoms with E-state index in [1.165, 1.54) is 33.4 Å². The second-order valence-corrected chi connectivity index (χ2v) is 9.64. The molecule has 2 aliphatic heterocycles. The first-order valence-corrected chi connectivity index (χ1v) is 11.9. The number of oxime groups is 1. The summed E-state index contributed by atoms with van der Waals surface area (Å²) in [5.41, 5.74) is 12.4. The first-order valence-electron chi connectivity index (χ1n) is 9.06. The van der Waals surface area contributed by atoms with Crippen LogP contribution in [0.5, 0.6) is 0 Å². The third-order valence-corrected chi connectivity index (χ3v) is 7.39. The minimum atomic E-state index is -1.18. The zero-order chi connectivity index (χ0) is 23.0. The van der Waals surface area contributed by atoms with Crippen molar-refractivity contribution in [3.63, 3.8) is 0 Å². The van der Waals surface area contributed by atoms with Crippen molar-refractivity contribution in [3.05, 3.63) is 33.4 Å². The van der Waals surface area contributed by atoms with E-state index >= 15 is 0 Å². The van der Waals surface area contributed by atoms with E-state index in [-0.39, 0.29) is 28.8 Å². The Labute approximate surface area is 193 Å². The van der Waals surface area contributed by atoms with Gasteiger partial charge >= 0.3 is 5.97 Å². The number of aromatic nitrogens is 2. The molecule has 0 bridgehead atoms. The van der Waals surface area contributed by atoms with E-state index in [1.54, 1.807) is 12.3 Å². The number of nitrogens with one attached hydrogen (secondary N) is 1. The number of nitrogens with two attached hydrogens (primary N) is 2. The maximum absolute atomic E-state index is 13.0. The Balaban J connectivity index is 1.50. The minimum absolute atomic E-state index is 0.0231. The number of carboxylic acid groups (broad SMARTS) is 1. The lowest BCUT2D eigenvalue weighted by Gasteiger charge is -2.49. The number of thiazole rings is 2. The highest BCUT2D eigenvalue weighted by Gasteiger charge is 2.54. The summed E-state index contributed by atoms with van der Waals surface area (Å²) in [5, 5.41) is 19.3. The van der Waals surface area contributed by atoms with Crippen LogP contribution < -0.4 is 16.8 Å². The monoisotopic (exact) mass is 495 g/mol. The van der Waals surface area contributed by atoms with Gasteiger partial charge in [0.25, 0.3) is 11.8 Å². The van der Waals surface area contributed by atoms with E-state index in [2.05, 4.69) is 20.4 Å². The highest BCUT2D eigenvalue weighted by atomic mass is 32.2. The number of rotatable bonds is 7. The number of thioether (sulfide) groups is 1. The molecule has 1 saturated heterocycles. The number of aliphatic carboxylic acids is 1. The average molecular weight is 496 g/mol. The molecule has 1 fully saturated rings. The highest BCUT2D eigenvalue weighted by molar-refractivity contribution is 8.00. The molecule has 6 N–H and O–H groups in total. The van der Waals surface area contributed by atoms with Crippen LogP contribution >= 0.6 is 34.4 Å². The number of nitrogens with zero attached hydrogens (tertiary/aromatic N) is 4. The lowest BCUT2D eigenvalue weighted by atomic mass is 10.0. The summed E-state index contributed by atoms with van der Waals surface area (Å²) in [5.74, 6) is -1.95. The van der Waals surface area contributed by atoms with Crippen LogP contribution in [-0.4, -0.2) is 60.6 Å². The Morgan fingerprint density at radius 3 is 2.66 bits per heavy atom. The van der Waals surface area contributed by atoms with Crippen LogP contribution in [0, 0.1) is 0 Å². The van der Waals surface area contributed by atoms with Crippen molar-refractivity contribution in [2.24, 2.45) is 5.16 Å². The number of nitrogen functional groups attached to an aromatic ring is 2. The van der Waals surface area contributed by atoms with Gasteiger partial charge in [-0.2, -0.15) is 0 Å². The summed E-state index contributed by atoms with van der Waals surface area (Å²) in [6.45, 7) is 1.64. The minimum Gasteiger partial charge on any atom is -0.477 e. The molecule has 2 atom stereocenters. The molecular weight excluding hydrogens is 478 g/mol. The van der Waals surface area contributed by atoms with Gasteiger partial charge in [-0.15, -0.1) is 34.4 Å². The van der Waals surface area contributed by atoms with Crippen molar-refractivity contribution in [2.45, 2.75) is 24.9 Å². The van der Waals surface area contributed by atoms with Crippen LogP contribution in [0.15, 0.2) is 27.2 Å². The molecule has 0 saturated carbocycles. The van der Waals surface area contributed by atoms with Crippen LogP contribution in [0.1, 0.15) is 18.3 Å². The predicted octanol–water partition coefficient (Wildman–Crippen LogP) is 0.443. The molecule has 4 rings (SSSR count). The molecule has 2 aromatic rings. The van der Waals surface area contributed by atoms with Crippen LogP contribution in [0.3, 0.4) is 0 Å². The van der Waals surface area contributed by atoms with E-state index in [1.807, 2.05) is 0 Å². The van der Waals surface area contributed by atoms with Crippen LogP contribution in [-0.2, 0) is 25.8 Å². The fourth-order valence-electron chi connectivity index (χ4n) is 3.14. The van der Waals surface area contributed by atoms with E-state index in [9.17, 15) is 19.5 Å². The van der Waals surface area contributed by atoms with Crippen molar-refractivity contribution in [3.8, 4) is 0 Å². The quantitative estimate of drug-likeness (QED) is 0.238. The van der Waals surface area contributed by atoms with Gasteiger partial charge in [-0.05, 0) is 12.5 Å². The van der Waals surface area contributed by atoms with Gasteiger partial charge in [0.05, 0.1) is 5.69 Å². The van der Waals surface area contributed by atoms with Crippen LogP contribution in [0.2, 0.25) is 0 Å². The first-order chi connectivity index (χ1) is 15.3. The topological polar surface area (TPSA) is 186 Å². The molecule has 0 aliphatic carbocycles. The summed E-state index contributed by atoms with van der Waals surface area (Å²) in [6.07, 6.45) is 0. The number of amides is 2. The van der Waals surface area contributed by atoms with E-state index in [4.69, 9.17) is 16.3 Å². The van der Waals surface area contributed by atoms with Crippen LogP contribution in [0.4, 0.5) is 10.3 Å². The Kier molecular flexibility index (Phi) is 6.03. The lowest BCUT2D eigenvalue weighted by Crippen LogP contribution is -2.71. The van der Waals surface area contributed by atoms with Gasteiger partial charge in [0.15, 0.2) is 22.6 Å². The van der Waals surface area contributed by atoms with Gasteiger partial charge in [0.2, 0.25) is 0 Å². The Bertz CT molecular complexity index is 1160. The van der Waals surface area contributed by atoms with Crippen molar-refractivity contribution >= 4 is 68.2 Å². The third-order valence-electron chi connectivity index (χ3n) is 4.57. The molecule has 2 aromatic heterocycles. The predicted molar refractivity (Wildman–Crippen MR) is 120 cm³/mol. The van der Waals surface area contributed by atoms with Gasteiger partial charge in [-0.25, -0.2) is 14.8 Å². The smallest absolute Gasteiger partial charge is 0.352 e. The van der Waals surface area contributed by atoms with Crippen molar-refractivity contribution in [1.29, 1.82) is 0 Å². The van der Waals surface area contributed by atoms with Gasteiger partial charge in [-0.3, -0.25) is 14.5 Å². The standard InChI is InChI=1S/C17H17N7O5S3/c1-6-3-30-14-10(13(26)24(14)11(6)15(27)28)22-12(25)9(8-5-32-17(19)21-8)23-29-2-7-4-31-16(18)20-7/h4-5,10,14H,2-3H2,1H3,(H2,18,20)(H2,19,21)(H,22,25)(H,27,28)/b23-9-. The highest BCUT2D eigenvalue weighted by Crippen LogP contribution is 2.40. The number of hydrogen-bond acceptors (Lipinski definition) is 12. The molecule has 2 amide bonds. The number of hydrogen-bond donors (Lipinski definition) is 4. The summed E-state index contributed by atoms with van der Waals surface area (Å²) in [4.78, 5) is 51.7. The number of fused-ring (bicyclic) bond motifs is 1. The van der Waals surface area contributed by atoms with E-state index < -0.39 is 29.2 Å². The molecule has 4 heterocycles. The first kappa shape index (κ1) is 22.0. The Morgan fingerprint density at radius 2 is 2.03 bits per heavy atom. The molecular formula is C17H17N7O5S3. The number of anilines is 2. The third kappa shape index (κ3) is 4.13. The van der Waals surface area contributed by atoms with Crippen molar-refractivity contribution < 1.29 is 24.3 Å². The maximum atomic E-state index is 13.0. The van der Waals surface area contributed by atoms with Crippen LogP contribution in [0.25, 0.3) is 0 Å². The Hall–Kier alpha value is -3.17. The van der Waals surface area contributed by atoms with E-state index in [0.717, 1.165) is 11.3 Å². The summed E-state index contributed by atoms with van der Waals surface area (Å²) in [7, 11) is 0. The van der Waals surface area contributed by atoms with Gasteiger partial charge in [0, 0.05) is 16.5 Å². The van der Waals surface area contributed by atoms with Gasteiger partial charge in [0.1, 0.15) is 22.8 Å². The number of carboxylic acids is 1. The SMILES string of the molecule is CC1=C(C(=O)O)N2C(=O)C(NC(=O)/C(=N\OCc3csc(N)n3)c3csc(N)n3)C2SC1. The number of carbonyl (C=O) groups excluding carboxylic acids is 2. The van der Waals surface area contributed by atoms with Gasteiger partial charge in [-0.1, -0.05) is 5.16 Å². The maximum Gasteiger partial charge on any atom is 0.352 e. The summed E-state index contributed by atoms with van der Waals surface area (Å²) < 4.78 is 0. The molecule has 2 aliphatic rings. The molecule has 0 spiro atoms. The molecule has 168 valence electrons. The molecule has 2 unspecified atom stereocenters. The molecule has 0 radical (unpaired) electrons. The van der Waals surface area contributed by atoms with Crippen molar-refractivity contribution in [2.75, 3.05) is 17.2 Å². The fourth-order valence-corrected chi connectivity index (χ4v) is 5.53. The number of carbonyl (C=O) groups is 3. The zero-order valence-corrected chi connectivity index (χ0v) is 18.9. The van der Waals surface area contributed by atoms with E-state index in [0.29, 0.717) is 22.2 Å². The Morgan fingerprint density at radius 1 is 1.31 bits per heavy atom. The largest absolute Gasteiger partial charge is 0.477 e.